The predicted molar refractivity (Wildman–Crippen MR) is 83.3 cm³/mol. The summed E-state index contributed by atoms with van der Waals surface area (Å²) in [6.45, 7) is 3.26. The van der Waals surface area contributed by atoms with E-state index in [-0.39, 0.29) is 11.9 Å². The van der Waals surface area contributed by atoms with Gasteiger partial charge in [-0.25, -0.2) is 0 Å². The summed E-state index contributed by atoms with van der Waals surface area (Å²) >= 11 is 0. The van der Waals surface area contributed by atoms with Crippen LogP contribution in [0.3, 0.4) is 0 Å². The Morgan fingerprint density at radius 3 is 2.73 bits per heavy atom. The summed E-state index contributed by atoms with van der Waals surface area (Å²) in [4.78, 5) is 12.5. The Labute approximate surface area is 131 Å². The van der Waals surface area contributed by atoms with Crippen LogP contribution in [-0.4, -0.2) is 25.2 Å². The standard InChI is InChI=1S/C18H23NO3/c1-11(15-9-12-2-3-13(15)8-12)19-18(20)14-4-5-16-17(10-14)22-7-6-21-16/h4-5,10-13,15H,2-3,6-9H2,1H3,(H,19,20)/t11-,12-,13-,15+/m1/s1. The quantitative estimate of drug-likeness (QED) is 0.933. The maximum absolute atomic E-state index is 12.5. The molecule has 2 saturated carbocycles. The average Bonchev–Trinajstić information content (AvgIpc) is 3.17. The highest BCUT2D eigenvalue weighted by Gasteiger charge is 2.42. The Balaban J connectivity index is 1.43. The normalized spacial score (nSPS) is 30.1. The van der Waals surface area contributed by atoms with Crippen molar-refractivity contribution in [1.82, 2.24) is 5.32 Å². The molecule has 4 heteroatoms. The van der Waals surface area contributed by atoms with E-state index in [1.54, 1.807) is 6.07 Å². The summed E-state index contributed by atoms with van der Waals surface area (Å²) in [5, 5.41) is 3.19. The minimum Gasteiger partial charge on any atom is -0.486 e. The molecular weight excluding hydrogens is 278 g/mol. The van der Waals surface area contributed by atoms with Crippen LogP contribution in [0.4, 0.5) is 0 Å². The molecule has 0 spiro atoms. The molecule has 4 rings (SSSR count). The molecule has 0 unspecified atom stereocenters. The van der Waals surface area contributed by atoms with Gasteiger partial charge >= 0.3 is 0 Å². The fourth-order valence-corrected chi connectivity index (χ4v) is 4.49. The zero-order chi connectivity index (χ0) is 15.1. The Bertz CT molecular complexity index is 586. The molecule has 1 amide bonds. The highest BCUT2D eigenvalue weighted by atomic mass is 16.6. The third-order valence-electron chi connectivity index (χ3n) is 5.60. The summed E-state index contributed by atoms with van der Waals surface area (Å²) in [7, 11) is 0. The molecule has 2 fully saturated rings. The third kappa shape index (κ3) is 2.44. The molecular formula is C18H23NO3. The molecule has 0 aromatic heterocycles. The SMILES string of the molecule is C[C@@H](NC(=O)c1ccc2c(c1)OCCO2)[C@@H]1C[C@@H]2CC[C@@H]1C2. The van der Waals surface area contributed by atoms with Crippen LogP contribution < -0.4 is 14.8 Å². The van der Waals surface area contributed by atoms with E-state index < -0.39 is 0 Å². The van der Waals surface area contributed by atoms with E-state index >= 15 is 0 Å². The second kappa shape index (κ2) is 5.49. The molecule has 1 aliphatic heterocycles. The second-order valence-corrected chi connectivity index (χ2v) is 6.96. The van der Waals surface area contributed by atoms with Crippen molar-refractivity contribution >= 4 is 5.91 Å². The minimum absolute atomic E-state index is 0.00718. The number of carbonyl (C=O) groups is 1. The predicted octanol–water partition coefficient (Wildman–Crippen LogP) is 3.01. The van der Waals surface area contributed by atoms with Gasteiger partial charge in [0.2, 0.25) is 0 Å². The number of hydrogen-bond donors (Lipinski definition) is 1. The largest absolute Gasteiger partial charge is 0.486 e. The molecule has 0 radical (unpaired) electrons. The summed E-state index contributed by atoms with van der Waals surface area (Å²) in [5.74, 6) is 3.77. The van der Waals surface area contributed by atoms with Crippen LogP contribution in [0.2, 0.25) is 0 Å². The number of hydrogen-bond acceptors (Lipinski definition) is 3. The van der Waals surface area contributed by atoms with Gasteiger partial charge in [0, 0.05) is 11.6 Å². The molecule has 2 aliphatic carbocycles. The monoisotopic (exact) mass is 301 g/mol. The van der Waals surface area contributed by atoms with E-state index in [0.717, 1.165) is 17.6 Å². The van der Waals surface area contributed by atoms with Crippen molar-refractivity contribution in [2.45, 2.75) is 38.6 Å². The van der Waals surface area contributed by atoms with Crippen molar-refractivity contribution in [2.24, 2.45) is 17.8 Å². The molecule has 1 heterocycles. The number of amides is 1. The van der Waals surface area contributed by atoms with Crippen LogP contribution in [0.5, 0.6) is 11.5 Å². The van der Waals surface area contributed by atoms with E-state index in [9.17, 15) is 4.79 Å². The second-order valence-electron chi connectivity index (χ2n) is 6.96. The van der Waals surface area contributed by atoms with Gasteiger partial charge in [0.05, 0.1) is 0 Å². The Kier molecular flexibility index (Phi) is 3.47. The van der Waals surface area contributed by atoms with Gasteiger partial charge in [0.15, 0.2) is 11.5 Å². The highest BCUT2D eigenvalue weighted by Crippen LogP contribution is 2.49. The Morgan fingerprint density at radius 1 is 1.18 bits per heavy atom. The van der Waals surface area contributed by atoms with E-state index in [1.165, 1.54) is 25.7 Å². The average molecular weight is 301 g/mol. The summed E-state index contributed by atoms with van der Waals surface area (Å²) < 4.78 is 11.1. The lowest BCUT2D eigenvalue weighted by molar-refractivity contribution is 0.0914. The lowest BCUT2D eigenvalue weighted by Gasteiger charge is -2.28. The first kappa shape index (κ1) is 13.9. The molecule has 4 atom stereocenters. The number of benzene rings is 1. The van der Waals surface area contributed by atoms with Gasteiger partial charge in [0.25, 0.3) is 5.91 Å². The van der Waals surface area contributed by atoms with Crippen LogP contribution >= 0.6 is 0 Å². The fourth-order valence-electron chi connectivity index (χ4n) is 4.49. The van der Waals surface area contributed by atoms with Gasteiger partial charge in [0.1, 0.15) is 13.2 Å². The van der Waals surface area contributed by atoms with Crippen molar-refractivity contribution in [3.63, 3.8) is 0 Å². The Morgan fingerprint density at radius 2 is 2.00 bits per heavy atom. The topological polar surface area (TPSA) is 47.6 Å². The summed E-state index contributed by atoms with van der Waals surface area (Å²) in [5.41, 5.74) is 0.652. The van der Waals surface area contributed by atoms with Crippen LogP contribution in [0, 0.1) is 17.8 Å². The molecule has 3 aliphatic rings. The third-order valence-corrected chi connectivity index (χ3v) is 5.60. The van der Waals surface area contributed by atoms with Gasteiger partial charge in [-0.15, -0.1) is 0 Å². The first-order valence-corrected chi connectivity index (χ1v) is 8.41. The summed E-state index contributed by atoms with van der Waals surface area (Å²) in [6.07, 6.45) is 5.39. The maximum atomic E-state index is 12.5. The molecule has 0 saturated heterocycles. The smallest absolute Gasteiger partial charge is 0.251 e. The van der Waals surface area contributed by atoms with Crippen molar-refractivity contribution in [3.05, 3.63) is 23.8 Å². The van der Waals surface area contributed by atoms with Crippen molar-refractivity contribution in [2.75, 3.05) is 13.2 Å². The molecule has 2 bridgehead atoms. The van der Waals surface area contributed by atoms with Crippen LogP contribution in [-0.2, 0) is 0 Å². The lowest BCUT2D eigenvalue weighted by atomic mass is 9.84. The summed E-state index contributed by atoms with van der Waals surface area (Å²) in [6, 6.07) is 5.68. The number of carbonyl (C=O) groups excluding carboxylic acids is 1. The lowest BCUT2D eigenvalue weighted by Crippen LogP contribution is -2.40. The van der Waals surface area contributed by atoms with E-state index in [4.69, 9.17) is 9.47 Å². The highest BCUT2D eigenvalue weighted by molar-refractivity contribution is 5.95. The van der Waals surface area contributed by atoms with Crippen molar-refractivity contribution in [1.29, 1.82) is 0 Å². The maximum Gasteiger partial charge on any atom is 0.251 e. The van der Waals surface area contributed by atoms with Gasteiger partial charge in [-0.2, -0.15) is 0 Å². The van der Waals surface area contributed by atoms with Crippen LogP contribution in [0.1, 0.15) is 43.0 Å². The van der Waals surface area contributed by atoms with Gasteiger partial charge in [-0.1, -0.05) is 6.42 Å². The zero-order valence-corrected chi connectivity index (χ0v) is 13.0. The first-order chi connectivity index (χ1) is 10.7. The van der Waals surface area contributed by atoms with E-state index in [0.29, 0.717) is 30.4 Å². The number of nitrogens with one attached hydrogen (secondary N) is 1. The minimum atomic E-state index is -0.00718. The van der Waals surface area contributed by atoms with Crippen LogP contribution in [0.25, 0.3) is 0 Å². The van der Waals surface area contributed by atoms with E-state index in [1.807, 2.05) is 12.1 Å². The fraction of sp³-hybridized carbons (Fsp3) is 0.611. The van der Waals surface area contributed by atoms with Gasteiger partial charge in [-0.05, 0) is 62.1 Å². The molecule has 118 valence electrons. The Hall–Kier alpha value is -1.71. The molecule has 22 heavy (non-hydrogen) atoms. The van der Waals surface area contributed by atoms with Gasteiger partial charge < -0.3 is 14.8 Å². The van der Waals surface area contributed by atoms with Crippen LogP contribution in [0.15, 0.2) is 18.2 Å². The number of ether oxygens (including phenoxy) is 2. The molecule has 1 N–H and O–H groups in total. The molecule has 1 aromatic carbocycles. The molecule has 1 aromatic rings. The molecule has 4 nitrogen and oxygen atoms in total. The van der Waals surface area contributed by atoms with Gasteiger partial charge in [-0.3, -0.25) is 4.79 Å². The number of fused-ring (bicyclic) bond motifs is 3. The van der Waals surface area contributed by atoms with Crippen molar-refractivity contribution in [3.8, 4) is 11.5 Å². The van der Waals surface area contributed by atoms with Crippen molar-refractivity contribution < 1.29 is 14.3 Å². The first-order valence-electron chi connectivity index (χ1n) is 8.41. The van der Waals surface area contributed by atoms with E-state index in [2.05, 4.69) is 12.2 Å². The zero-order valence-electron chi connectivity index (χ0n) is 13.0. The number of rotatable bonds is 3.